The van der Waals surface area contributed by atoms with Crippen molar-refractivity contribution in [3.8, 4) is 11.5 Å². The Labute approximate surface area is 233 Å². The minimum Gasteiger partial charge on any atom is -0.457 e. The smallest absolute Gasteiger partial charge is 0.416 e. The summed E-state index contributed by atoms with van der Waals surface area (Å²) in [6, 6.07) is 17.9. The van der Waals surface area contributed by atoms with Crippen LogP contribution < -0.4 is 10.1 Å². The number of urea groups is 1. The second-order valence-corrected chi connectivity index (χ2v) is 10.2. The van der Waals surface area contributed by atoms with Crippen LogP contribution in [0.3, 0.4) is 0 Å². The molecule has 0 aliphatic carbocycles. The molecule has 0 saturated carbocycles. The van der Waals surface area contributed by atoms with E-state index in [2.05, 4.69) is 15.1 Å². The number of nitrogens with zero attached hydrogens (tertiary/aromatic N) is 3. The number of carbonyl (C=O) groups is 1. The number of para-hydroxylation sites is 1. The van der Waals surface area contributed by atoms with Crippen LogP contribution in [0.5, 0.6) is 11.5 Å². The van der Waals surface area contributed by atoms with Crippen LogP contribution in [0.25, 0.3) is 0 Å². The molecule has 0 atom stereocenters. The third-order valence-corrected chi connectivity index (χ3v) is 7.22. The monoisotopic (exact) mass is 578 g/mol. The Kier molecular flexibility index (Phi) is 8.14. The summed E-state index contributed by atoms with van der Waals surface area (Å²) < 4.78 is 84.4. The second-order valence-electron chi connectivity index (χ2n) is 10.2. The van der Waals surface area contributed by atoms with Gasteiger partial charge in [0, 0.05) is 57.5 Å². The number of benzene rings is 3. The van der Waals surface area contributed by atoms with E-state index in [0.717, 1.165) is 49.8 Å². The van der Waals surface area contributed by atoms with Gasteiger partial charge in [-0.2, -0.15) is 26.3 Å². The maximum absolute atomic E-state index is 13.1. The van der Waals surface area contributed by atoms with E-state index >= 15 is 0 Å². The van der Waals surface area contributed by atoms with Gasteiger partial charge in [0.25, 0.3) is 0 Å². The molecule has 0 bridgehead atoms. The fourth-order valence-electron chi connectivity index (χ4n) is 4.91. The molecule has 3 aromatic carbocycles. The molecule has 41 heavy (non-hydrogen) atoms. The summed E-state index contributed by atoms with van der Waals surface area (Å²) in [5.41, 5.74) is -2.33. The highest BCUT2D eigenvalue weighted by Gasteiger charge is 2.39. The summed E-state index contributed by atoms with van der Waals surface area (Å²) in [5, 5.41) is 2.20. The summed E-state index contributed by atoms with van der Waals surface area (Å²) in [7, 11) is 0. The van der Waals surface area contributed by atoms with Gasteiger partial charge in [-0.15, -0.1) is 0 Å². The second kappa shape index (κ2) is 11.6. The van der Waals surface area contributed by atoms with Crippen LogP contribution >= 0.6 is 0 Å². The quantitative estimate of drug-likeness (QED) is 0.337. The van der Waals surface area contributed by atoms with E-state index in [1.165, 1.54) is 4.90 Å². The number of anilines is 1. The molecular weight excluding hydrogens is 550 g/mol. The molecule has 2 saturated heterocycles. The number of halogens is 6. The summed E-state index contributed by atoms with van der Waals surface area (Å²) in [5.74, 6) is 1.53. The Morgan fingerprint density at radius 2 is 1.34 bits per heavy atom. The Morgan fingerprint density at radius 3 is 1.90 bits per heavy atom. The Balaban J connectivity index is 1.07. The summed E-state index contributed by atoms with van der Waals surface area (Å²) in [6.07, 6.45) is -9.96. The predicted molar refractivity (Wildman–Crippen MR) is 141 cm³/mol. The van der Waals surface area contributed by atoms with E-state index in [-0.39, 0.29) is 12.1 Å². The van der Waals surface area contributed by atoms with E-state index in [1.807, 2.05) is 54.6 Å². The zero-order valence-corrected chi connectivity index (χ0v) is 21.9. The highest BCUT2D eigenvalue weighted by atomic mass is 19.4. The Hall–Kier alpha value is -3.77. The molecule has 0 spiro atoms. The van der Waals surface area contributed by atoms with Gasteiger partial charge < -0.3 is 15.0 Å². The number of rotatable bonds is 6. The van der Waals surface area contributed by atoms with Gasteiger partial charge in [-0.05, 0) is 48.0 Å². The molecule has 1 N–H and O–H groups in total. The fourth-order valence-corrected chi connectivity index (χ4v) is 4.91. The molecule has 2 aliphatic rings. The van der Waals surface area contributed by atoms with Crippen molar-refractivity contribution in [2.75, 3.05) is 44.6 Å². The van der Waals surface area contributed by atoms with Crippen LogP contribution in [0.1, 0.15) is 16.7 Å². The molecule has 0 unspecified atom stereocenters. The molecule has 2 amide bonds. The lowest BCUT2D eigenvalue weighted by molar-refractivity contribution is -0.143. The molecule has 2 aliphatic heterocycles. The predicted octanol–water partition coefficient (Wildman–Crippen LogP) is 6.55. The number of nitrogens with one attached hydrogen (secondary N) is 1. The summed E-state index contributed by atoms with van der Waals surface area (Å²) >= 11 is 0. The number of ether oxygens (including phenoxy) is 1. The van der Waals surface area contributed by atoms with E-state index in [1.54, 1.807) is 0 Å². The van der Waals surface area contributed by atoms with Crippen molar-refractivity contribution in [2.24, 2.45) is 0 Å². The van der Waals surface area contributed by atoms with Crippen molar-refractivity contribution < 1.29 is 35.9 Å². The number of amides is 2. The number of carbonyl (C=O) groups excluding carboxylic acids is 1. The van der Waals surface area contributed by atoms with E-state index in [9.17, 15) is 31.1 Å². The topological polar surface area (TPSA) is 48.1 Å². The molecule has 2 heterocycles. The SMILES string of the molecule is O=C(Nc1cc(C(F)(F)F)cc(C(F)(F)F)c1)N1CC(N2CCN(Cc3ccc(Oc4ccccc4)cc3)CC2)C1. The van der Waals surface area contributed by atoms with Crippen molar-refractivity contribution in [1.82, 2.24) is 14.7 Å². The highest BCUT2D eigenvalue weighted by molar-refractivity contribution is 5.90. The van der Waals surface area contributed by atoms with Crippen molar-refractivity contribution in [2.45, 2.75) is 24.9 Å². The minimum absolute atomic E-state index is 0.0322. The van der Waals surface area contributed by atoms with Crippen molar-refractivity contribution in [1.29, 1.82) is 0 Å². The van der Waals surface area contributed by atoms with Crippen LogP contribution in [0, 0.1) is 0 Å². The van der Waals surface area contributed by atoms with Crippen molar-refractivity contribution in [3.05, 3.63) is 89.5 Å². The zero-order chi connectivity index (χ0) is 29.2. The van der Waals surface area contributed by atoms with Gasteiger partial charge in [0.05, 0.1) is 11.1 Å². The van der Waals surface area contributed by atoms with Crippen LogP contribution in [-0.4, -0.2) is 66.0 Å². The van der Waals surface area contributed by atoms with Gasteiger partial charge in [0.2, 0.25) is 0 Å². The van der Waals surface area contributed by atoms with Crippen molar-refractivity contribution in [3.63, 3.8) is 0 Å². The van der Waals surface area contributed by atoms with Gasteiger partial charge in [0.1, 0.15) is 11.5 Å². The van der Waals surface area contributed by atoms with Gasteiger partial charge in [-0.1, -0.05) is 30.3 Å². The molecule has 0 radical (unpaired) electrons. The number of alkyl halides is 6. The van der Waals surface area contributed by atoms with Crippen LogP contribution in [0.15, 0.2) is 72.8 Å². The number of piperazine rings is 1. The number of likely N-dealkylation sites (tertiary alicyclic amines) is 1. The largest absolute Gasteiger partial charge is 0.457 e. The molecular formula is C29H28F6N4O2. The fraction of sp³-hybridized carbons (Fsp3) is 0.345. The number of hydrogen-bond acceptors (Lipinski definition) is 4. The first-order valence-electron chi connectivity index (χ1n) is 13.1. The maximum atomic E-state index is 13.1. The average Bonchev–Trinajstić information content (AvgIpc) is 2.89. The first-order chi connectivity index (χ1) is 19.4. The third-order valence-electron chi connectivity index (χ3n) is 7.22. The van der Waals surface area contributed by atoms with E-state index in [4.69, 9.17) is 4.74 Å². The minimum atomic E-state index is -4.98. The maximum Gasteiger partial charge on any atom is 0.416 e. The van der Waals surface area contributed by atoms with Gasteiger partial charge in [-0.3, -0.25) is 9.80 Å². The highest BCUT2D eigenvalue weighted by Crippen LogP contribution is 2.37. The molecule has 218 valence electrons. The first-order valence-corrected chi connectivity index (χ1v) is 13.1. The van der Waals surface area contributed by atoms with Gasteiger partial charge >= 0.3 is 18.4 Å². The summed E-state index contributed by atoms with van der Waals surface area (Å²) in [4.78, 5) is 18.5. The molecule has 3 aromatic rings. The number of hydrogen-bond donors (Lipinski definition) is 1. The normalized spacial score (nSPS) is 17.3. The van der Waals surface area contributed by atoms with Crippen molar-refractivity contribution >= 4 is 11.7 Å². The summed E-state index contributed by atoms with van der Waals surface area (Å²) in [6.45, 7) is 4.72. The van der Waals surface area contributed by atoms with Crippen LogP contribution in [-0.2, 0) is 18.9 Å². The van der Waals surface area contributed by atoms with Crippen LogP contribution in [0.2, 0.25) is 0 Å². The van der Waals surface area contributed by atoms with Crippen LogP contribution in [0.4, 0.5) is 36.8 Å². The standard InChI is InChI=1S/C29H28F6N4O2/c30-28(31,32)21-14-22(29(33,34)35)16-23(15-21)36-27(40)39-18-24(19-39)38-12-10-37(11-13-38)17-20-6-8-26(9-7-20)41-25-4-2-1-3-5-25/h1-9,14-16,24H,10-13,17-19H2,(H,36,40). The van der Waals surface area contributed by atoms with Gasteiger partial charge in [0.15, 0.2) is 0 Å². The third kappa shape index (κ3) is 7.31. The Bertz CT molecular complexity index is 1300. The molecule has 12 heteroatoms. The van der Waals surface area contributed by atoms with E-state index < -0.39 is 35.2 Å². The average molecular weight is 579 g/mol. The lowest BCUT2D eigenvalue weighted by Crippen LogP contribution is -2.64. The lowest BCUT2D eigenvalue weighted by Gasteiger charge is -2.48. The lowest BCUT2D eigenvalue weighted by atomic mass is 10.1. The first kappa shape index (κ1) is 28.7. The molecule has 0 aromatic heterocycles. The van der Waals surface area contributed by atoms with E-state index in [0.29, 0.717) is 25.2 Å². The van der Waals surface area contributed by atoms with Gasteiger partial charge in [-0.25, -0.2) is 4.79 Å². The Morgan fingerprint density at radius 1 is 0.780 bits per heavy atom. The zero-order valence-electron chi connectivity index (χ0n) is 21.9. The molecule has 6 nitrogen and oxygen atoms in total. The molecule has 2 fully saturated rings. The molecule has 5 rings (SSSR count).